The van der Waals surface area contributed by atoms with Gasteiger partial charge in [-0.15, -0.1) is 0 Å². The van der Waals surface area contributed by atoms with Crippen molar-refractivity contribution in [3.8, 4) is 5.88 Å². The molecule has 3 N–H and O–H groups in total. The first-order valence-corrected chi connectivity index (χ1v) is 5.76. The maximum Gasteiger partial charge on any atom is 0.221 e. The fourth-order valence-electron chi connectivity index (χ4n) is 1.68. The molecule has 6 nitrogen and oxygen atoms in total. The lowest BCUT2D eigenvalue weighted by Gasteiger charge is -2.37. The van der Waals surface area contributed by atoms with Crippen LogP contribution in [0, 0.1) is 6.92 Å². The molecule has 0 spiro atoms. The Morgan fingerprint density at radius 3 is 2.88 bits per heavy atom. The van der Waals surface area contributed by atoms with E-state index in [0.717, 1.165) is 5.56 Å². The predicted octanol–water partition coefficient (Wildman–Crippen LogP) is -0.0701. The lowest BCUT2D eigenvalue weighted by molar-refractivity contribution is 0.00304. The van der Waals surface area contributed by atoms with Crippen molar-refractivity contribution in [2.45, 2.75) is 19.4 Å². The summed E-state index contributed by atoms with van der Waals surface area (Å²) in [5, 5.41) is 16.1. The van der Waals surface area contributed by atoms with Gasteiger partial charge in [0.05, 0.1) is 12.2 Å². The highest BCUT2D eigenvalue weighted by Gasteiger charge is 2.34. The van der Waals surface area contributed by atoms with Crippen LogP contribution in [-0.4, -0.2) is 46.9 Å². The molecule has 2 heterocycles. The molecule has 1 aliphatic heterocycles. The fraction of sp³-hybridized carbons (Fsp3) is 0.636. The maximum absolute atomic E-state index is 9.94. The fourth-order valence-corrected chi connectivity index (χ4v) is 1.68. The molecule has 2 rings (SSSR count). The molecule has 17 heavy (non-hydrogen) atoms. The normalized spacial score (nSPS) is 17.4. The Kier molecular flexibility index (Phi) is 3.44. The molecular weight excluding hydrogens is 220 g/mol. The molecule has 0 atom stereocenters. The Bertz CT molecular complexity index is 393. The summed E-state index contributed by atoms with van der Waals surface area (Å²) >= 11 is 0. The second-order valence-electron chi connectivity index (χ2n) is 4.27. The summed E-state index contributed by atoms with van der Waals surface area (Å²) in [5.74, 6) is 1.30. The third-order valence-electron chi connectivity index (χ3n) is 2.81. The third-order valence-corrected chi connectivity index (χ3v) is 2.81. The van der Waals surface area contributed by atoms with Gasteiger partial charge in [-0.25, -0.2) is 9.97 Å². The Morgan fingerprint density at radius 2 is 2.29 bits per heavy atom. The second kappa shape index (κ2) is 4.85. The molecule has 0 amide bonds. The molecule has 0 radical (unpaired) electrons. The highest BCUT2D eigenvalue weighted by molar-refractivity contribution is 5.47. The van der Waals surface area contributed by atoms with E-state index in [1.54, 1.807) is 0 Å². The highest BCUT2D eigenvalue weighted by atomic mass is 16.5. The SMILES string of the molecule is CCOc1ncnc(NCC2(O)CNC2)c1C. The maximum atomic E-state index is 9.94. The number of aliphatic hydroxyl groups is 1. The van der Waals surface area contributed by atoms with Crippen molar-refractivity contribution >= 4 is 5.82 Å². The van der Waals surface area contributed by atoms with Crippen molar-refractivity contribution in [2.75, 3.05) is 31.6 Å². The Balaban J connectivity index is 2.02. The van der Waals surface area contributed by atoms with Gasteiger partial charge in [-0.2, -0.15) is 0 Å². The molecule has 1 aromatic heterocycles. The van der Waals surface area contributed by atoms with E-state index < -0.39 is 5.60 Å². The van der Waals surface area contributed by atoms with Crippen LogP contribution in [0.4, 0.5) is 5.82 Å². The largest absolute Gasteiger partial charge is 0.478 e. The van der Waals surface area contributed by atoms with Crippen molar-refractivity contribution in [1.82, 2.24) is 15.3 Å². The van der Waals surface area contributed by atoms with Crippen LogP contribution in [-0.2, 0) is 0 Å². The Hall–Kier alpha value is -1.40. The molecule has 0 aromatic carbocycles. The number of aromatic nitrogens is 2. The topological polar surface area (TPSA) is 79.3 Å². The van der Waals surface area contributed by atoms with E-state index in [0.29, 0.717) is 37.9 Å². The van der Waals surface area contributed by atoms with Gasteiger partial charge in [0, 0.05) is 19.6 Å². The van der Waals surface area contributed by atoms with Crippen LogP contribution in [0.5, 0.6) is 5.88 Å². The minimum Gasteiger partial charge on any atom is -0.478 e. The standard InChI is InChI=1S/C11H18N4O2/c1-3-17-10-8(2)9(14-7-15-10)13-6-11(16)4-12-5-11/h7,12,16H,3-6H2,1-2H3,(H,13,14,15). The summed E-state index contributed by atoms with van der Waals surface area (Å²) in [6.07, 6.45) is 1.46. The zero-order valence-electron chi connectivity index (χ0n) is 10.2. The van der Waals surface area contributed by atoms with Gasteiger partial charge >= 0.3 is 0 Å². The number of anilines is 1. The molecule has 1 saturated heterocycles. The van der Waals surface area contributed by atoms with Gasteiger partial charge in [-0.1, -0.05) is 0 Å². The molecule has 1 aromatic rings. The summed E-state index contributed by atoms with van der Waals surface area (Å²) in [7, 11) is 0. The van der Waals surface area contributed by atoms with Gasteiger partial charge in [0.15, 0.2) is 0 Å². The summed E-state index contributed by atoms with van der Waals surface area (Å²) in [6, 6.07) is 0. The molecule has 94 valence electrons. The monoisotopic (exact) mass is 238 g/mol. The van der Waals surface area contributed by atoms with E-state index >= 15 is 0 Å². The van der Waals surface area contributed by atoms with E-state index in [2.05, 4.69) is 20.6 Å². The van der Waals surface area contributed by atoms with Crippen LogP contribution < -0.4 is 15.4 Å². The molecule has 1 fully saturated rings. The third kappa shape index (κ3) is 2.65. The van der Waals surface area contributed by atoms with Crippen molar-refractivity contribution in [1.29, 1.82) is 0 Å². The quantitative estimate of drug-likeness (QED) is 0.666. The second-order valence-corrected chi connectivity index (χ2v) is 4.27. The van der Waals surface area contributed by atoms with Crippen molar-refractivity contribution < 1.29 is 9.84 Å². The molecule has 6 heteroatoms. The van der Waals surface area contributed by atoms with Gasteiger partial charge in [0.2, 0.25) is 5.88 Å². The van der Waals surface area contributed by atoms with Crippen molar-refractivity contribution in [3.63, 3.8) is 0 Å². The molecule has 0 unspecified atom stereocenters. The first-order valence-electron chi connectivity index (χ1n) is 5.76. The van der Waals surface area contributed by atoms with Gasteiger partial charge in [0.1, 0.15) is 17.7 Å². The van der Waals surface area contributed by atoms with Crippen LogP contribution in [0.15, 0.2) is 6.33 Å². The molecule has 0 saturated carbocycles. The van der Waals surface area contributed by atoms with E-state index in [1.165, 1.54) is 6.33 Å². The van der Waals surface area contributed by atoms with Crippen LogP contribution >= 0.6 is 0 Å². The number of nitrogens with zero attached hydrogens (tertiary/aromatic N) is 2. The number of hydrogen-bond donors (Lipinski definition) is 3. The highest BCUT2D eigenvalue weighted by Crippen LogP contribution is 2.21. The first-order chi connectivity index (χ1) is 8.14. The summed E-state index contributed by atoms with van der Waals surface area (Å²) in [6.45, 7) is 6.09. The van der Waals surface area contributed by atoms with Crippen molar-refractivity contribution in [2.24, 2.45) is 0 Å². The van der Waals surface area contributed by atoms with Crippen molar-refractivity contribution in [3.05, 3.63) is 11.9 Å². The zero-order chi connectivity index (χ0) is 12.3. The summed E-state index contributed by atoms with van der Waals surface area (Å²) < 4.78 is 5.38. The van der Waals surface area contributed by atoms with E-state index in [9.17, 15) is 5.11 Å². The number of nitrogens with one attached hydrogen (secondary N) is 2. The number of β-amino-alcohol motifs (C(OH)–C–C–N with tert-alkyl or cyclic N) is 1. The van der Waals surface area contributed by atoms with Gasteiger partial charge in [-0.05, 0) is 13.8 Å². The molecule has 0 aliphatic carbocycles. The van der Waals surface area contributed by atoms with Crippen LogP contribution in [0.3, 0.4) is 0 Å². The lowest BCUT2D eigenvalue weighted by atomic mass is 9.97. The van der Waals surface area contributed by atoms with Gasteiger partial charge < -0.3 is 20.5 Å². The Labute approximate surface area is 100 Å². The van der Waals surface area contributed by atoms with E-state index in [1.807, 2.05) is 13.8 Å². The summed E-state index contributed by atoms with van der Waals surface area (Å²) in [5.41, 5.74) is 0.202. The predicted molar refractivity (Wildman–Crippen MR) is 64.2 cm³/mol. The van der Waals surface area contributed by atoms with E-state index in [-0.39, 0.29) is 0 Å². The van der Waals surface area contributed by atoms with Gasteiger partial charge in [0.25, 0.3) is 0 Å². The van der Waals surface area contributed by atoms with E-state index in [4.69, 9.17) is 4.74 Å². The smallest absolute Gasteiger partial charge is 0.221 e. The molecule has 1 aliphatic rings. The lowest BCUT2D eigenvalue weighted by Crippen LogP contribution is -2.63. The average molecular weight is 238 g/mol. The van der Waals surface area contributed by atoms with Crippen LogP contribution in [0.2, 0.25) is 0 Å². The van der Waals surface area contributed by atoms with Gasteiger partial charge in [-0.3, -0.25) is 0 Å². The van der Waals surface area contributed by atoms with Crippen LogP contribution in [0.25, 0.3) is 0 Å². The number of rotatable bonds is 5. The summed E-state index contributed by atoms with van der Waals surface area (Å²) in [4.78, 5) is 8.21. The minimum atomic E-state index is -0.664. The molecular formula is C11H18N4O2. The molecule has 0 bridgehead atoms. The average Bonchev–Trinajstić information content (AvgIpc) is 2.28. The first kappa shape index (κ1) is 12.1. The number of hydrogen-bond acceptors (Lipinski definition) is 6. The van der Waals surface area contributed by atoms with Crippen LogP contribution in [0.1, 0.15) is 12.5 Å². The number of ether oxygens (including phenoxy) is 1. The minimum absolute atomic E-state index is 0.476. The Morgan fingerprint density at radius 1 is 1.53 bits per heavy atom. The zero-order valence-corrected chi connectivity index (χ0v) is 10.2.